The normalized spacial score (nSPS) is 18.1. The number of carbonyl (C=O) groups is 2. The van der Waals surface area contributed by atoms with Crippen LogP contribution in [-0.2, 0) is 4.79 Å². The Kier molecular flexibility index (Phi) is 5.28. The average Bonchev–Trinajstić information content (AvgIpc) is 2.97. The summed E-state index contributed by atoms with van der Waals surface area (Å²) in [5.74, 6) is 0.237. The molecule has 0 saturated carbocycles. The first-order valence-corrected chi connectivity index (χ1v) is 8.71. The van der Waals surface area contributed by atoms with E-state index in [1.165, 1.54) is 0 Å². The van der Waals surface area contributed by atoms with E-state index in [4.69, 9.17) is 0 Å². The van der Waals surface area contributed by atoms with Crippen LogP contribution in [0.15, 0.2) is 47.2 Å². The standard InChI is InChI=1S/C17H18BrN5O2/c1-11(12-5-3-2-4-6-12)23-10-14(7-15(23)24)21-17(25)22-16-19-8-13(18)9-20-16/h2-6,8-9,11,14H,7,10H2,1H3,(H2,19,20,21,22,25). The van der Waals surface area contributed by atoms with E-state index >= 15 is 0 Å². The fourth-order valence-corrected chi connectivity index (χ4v) is 3.02. The zero-order valence-electron chi connectivity index (χ0n) is 13.6. The molecule has 25 heavy (non-hydrogen) atoms. The highest BCUT2D eigenvalue weighted by Gasteiger charge is 2.34. The van der Waals surface area contributed by atoms with Crippen molar-refractivity contribution in [2.24, 2.45) is 0 Å². The molecule has 2 N–H and O–H groups in total. The molecule has 7 nitrogen and oxygen atoms in total. The van der Waals surface area contributed by atoms with Gasteiger partial charge in [-0.15, -0.1) is 0 Å². The molecule has 3 rings (SSSR count). The summed E-state index contributed by atoms with van der Waals surface area (Å²) in [5.41, 5.74) is 1.07. The van der Waals surface area contributed by atoms with Gasteiger partial charge in [0.05, 0.1) is 16.6 Å². The Hall–Kier alpha value is -2.48. The summed E-state index contributed by atoms with van der Waals surface area (Å²) in [5, 5.41) is 5.37. The Bertz CT molecular complexity index is 753. The quantitative estimate of drug-likeness (QED) is 0.821. The number of likely N-dealkylation sites (tertiary alicyclic amines) is 1. The summed E-state index contributed by atoms with van der Waals surface area (Å²) in [4.78, 5) is 34.1. The number of carbonyl (C=O) groups excluding carboxylic acids is 2. The van der Waals surface area contributed by atoms with Crippen molar-refractivity contribution in [2.45, 2.75) is 25.4 Å². The summed E-state index contributed by atoms with van der Waals surface area (Å²) < 4.78 is 0.727. The Morgan fingerprint density at radius 3 is 2.64 bits per heavy atom. The summed E-state index contributed by atoms with van der Waals surface area (Å²) in [7, 11) is 0. The monoisotopic (exact) mass is 403 g/mol. The second kappa shape index (κ2) is 7.60. The molecule has 2 atom stereocenters. The van der Waals surface area contributed by atoms with Gasteiger partial charge in [0.1, 0.15) is 0 Å². The molecule has 1 saturated heterocycles. The van der Waals surface area contributed by atoms with Crippen LogP contribution in [0.3, 0.4) is 0 Å². The highest BCUT2D eigenvalue weighted by Crippen LogP contribution is 2.25. The Morgan fingerprint density at radius 2 is 1.96 bits per heavy atom. The van der Waals surface area contributed by atoms with Crippen molar-refractivity contribution >= 4 is 33.8 Å². The zero-order valence-corrected chi connectivity index (χ0v) is 15.2. The number of hydrogen-bond donors (Lipinski definition) is 2. The number of halogens is 1. The average molecular weight is 404 g/mol. The summed E-state index contributed by atoms with van der Waals surface area (Å²) >= 11 is 3.23. The smallest absolute Gasteiger partial charge is 0.321 e. The van der Waals surface area contributed by atoms with Crippen LogP contribution in [0.25, 0.3) is 0 Å². The lowest BCUT2D eigenvalue weighted by Gasteiger charge is -2.25. The van der Waals surface area contributed by atoms with Gasteiger partial charge >= 0.3 is 6.03 Å². The molecule has 2 unspecified atom stereocenters. The van der Waals surface area contributed by atoms with Crippen molar-refractivity contribution in [3.05, 3.63) is 52.8 Å². The third kappa shape index (κ3) is 4.33. The highest BCUT2D eigenvalue weighted by atomic mass is 79.9. The number of anilines is 1. The van der Waals surface area contributed by atoms with Gasteiger partial charge in [-0.05, 0) is 28.4 Å². The molecule has 0 aliphatic carbocycles. The molecular weight excluding hydrogens is 386 g/mol. The molecule has 0 bridgehead atoms. The van der Waals surface area contributed by atoms with Gasteiger partial charge in [0.25, 0.3) is 0 Å². The third-order valence-corrected chi connectivity index (χ3v) is 4.50. The lowest BCUT2D eigenvalue weighted by Crippen LogP contribution is -2.40. The molecule has 2 heterocycles. The molecular formula is C17H18BrN5O2. The summed E-state index contributed by atoms with van der Waals surface area (Å²) in [6.07, 6.45) is 3.38. The Balaban J connectivity index is 1.57. The lowest BCUT2D eigenvalue weighted by atomic mass is 10.1. The van der Waals surface area contributed by atoms with Gasteiger partial charge in [0.2, 0.25) is 11.9 Å². The Morgan fingerprint density at radius 1 is 1.28 bits per heavy atom. The first-order valence-electron chi connectivity index (χ1n) is 7.92. The van der Waals surface area contributed by atoms with E-state index in [9.17, 15) is 9.59 Å². The van der Waals surface area contributed by atoms with E-state index in [2.05, 4.69) is 36.5 Å². The number of nitrogens with one attached hydrogen (secondary N) is 2. The fraction of sp³-hybridized carbons (Fsp3) is 0.294. The first-order chi connectivity index (χ1) is 12.0. The van der Waals surface area contributed by atoms with Gasteiger partial charge in [-0.2, -0.15) is 0 Å². The molecule has 1 aliphatic heterocycles. The lowest BCUT2D eigenvalue weighted by molar-refractivity contribution is -0.129. The van der Waals surface area contributed by atoms with Gasteiger partial charge in [-0.3, -0.25) is 10.1 Å². The number of amides is 3. The maximum absolute atomic E-state index is 12.3. The zero-order chi connectivity index (χ0) is 17.8. The predicted octanol–water partition coefficient (Wildman–Crippen LogP) is 2.72. The third-order valence-electron chi connectivity index (χ3n) is 4.09. The van der Waals surface area contributed by atoms with E-state index < -0.39 is 6.03 Å². The van der Waals surface area contributed by atoms with E-state index in [-0.39, 0.29) is 30.4 Å². The topological polar surface area (TPSA) is 87.2 Å². The van der Waals surface area contributed by atoms with Gasteiger partial charge in [-0.25, -0.2) is 14.8 Å². The van der Waals surface area contributed by atoms with Crippen molar-refractivity contribution in [1.82, 2.24) is 20.2 Å². The number of aromatic nitrogens is 2. The van der Waals surface area contributed by atoms with Gasteiger partial charge in [-0.1, -0.05) is 30.3 Å². The van der Waals surface area contributed by atoms with E-state index in [1.807, 2.05) is 37.3 Å². The fourth-order valence-electron chi connectivity index (χ4n) is 2.81. The van der Waals surface area contributed by atoms with E-state index in [0.29, 0.717) is 6.54 Å². The number of nitrogens with zero attached hydrogens (tertiary/aromatic N) is 3. The highest BCUT2D eigenvalue weighted by molar-refractivity contribution is 9.10. The number of rotatable bonds is 4. The van der Waals surface area contributed by atoms with Crippen LogP contribution >= 0.6 is 15.9 Å². The summed E-state index contributed by atoms with van der Waals surface area (Å²) in [6, 6.07) is 9.15. The minimum Gasteiger partial charge on any atom is -0.334 e. The van der Waals surface area contributed by atoms with Crippen LogP contribution in [0, 0.1) is 0 Å². The van der Waals surface area contributed by atoms with Crippen molar-refractivity contribution in [3.8, 4) is 0 Å². The van der Waals surface area contributed by atoms with Gasteiger partial charge in [0.15, 0.2) is 0 Å². The van der Waals surface area contributed by atoms with Crippen LogP contribution in [0.5, 0.6) is 0 Å². The minimum atomic E-state index is -0.422. The van der Waals surface area contributed by atoms with Crippen molar-refractivity contribution in [1.29, 1.82) is 0 Å². The van der Waals surface area contributed by atoms with Crippen molar-refractivity contribution in [3.63, 3.8) is 0 Å². The molecule has 1 aromatic carbocycles. The Labute approximate surface area is 154 Å². The van der Waals surface area contributed by atoms with Crippen LogP contribution < -0.4 is 10.6 Å². The molecule has 2 aromatic rings. The molecule has 1 aliphatic rings. The molecule has 1 fully saturated rings. The number of hydrogen-bond acceptors (Lipinski definition) is 4. The second-order valence-electron chi connectivity index (χ2n) is 5.86. The van der Waals surface area contributed by atoms with E-state index in [1.54, 1.807) is 17.3 Å². The minimum absolute atomic E-state index is 0.0292. The first kappa shape index (κ1) is 17.3. The summed E-state index contributed by atoms with van der Waals surface area (Å²) in [6.45, 7) is 2.47. The van der Waals surface area contributed by atoms with E-state index in [0.717, 1.165) is 10.0 Å². The van der Waals surface area contributed by atoms with Crippen LogP contribution in [0.1, 0.15) is 24.9 Å². The molecule has 8 heteroatoms. The number of benzene rings is 1. The maximum atomic E-state index is 12.3. The maximum Gasteiger partial charge on any atom is 0.321 e. The largest absolute Gasteiger partial charge is 0.334 e. The van der Waals surface area contributed by atoms with Gasteiger partial charge < -0.3 is 10.2 Å². The number of urea groups is 1. The van der Waals surface area contributed by atoms with Crippen molar-refractivity contribution < 1.29 is 9.59 Å². The molecule has 0 radical (unpaired) electrons. The molecule has 0 spiro atoms. The van der Waals surface area contributed by atoms with Crippen LogP contribution in [0.4, 0.5) is 10.7 Å². The van der Waals surface area contributed by atoms with Crippen LogP contribution in [-0.4, -0.2) is 39.4 Å². The van der Waals surface area contributed by atoms with Crippen LogP contribution in [0.2, 0.25) is 0 Å². The molecule has 1 aromatic heterocycles. The molecule has 3 amide bonds. The predicted molar refractivity (Wildman–Crippen MR) is 96.9 cm³/mol. The molecule has 130 valence electrons. The van der Waals surface area contributed by atoms with Crippen molar-refractivity contribution in [2.75, 3.05) is 11.9 Å². The van der Waals surface area contributed by atoms with Gasteiger partial charge in [0, 0.05) is 25.4 Å². The second-order valence-corrected chi connectivity index (χ2v) is 6.77. The SMILES string of the molecule is CC(c1ccccc1)N1CC(NC(=O)Nc2ncc(Br)cn2)CC1=O.